The van der Waals surface area contributed by atoms with E-state index in [9.17, 15) is 4.79 Å². The third-order valence-electron chi connectivity index (χ3n) is 0.784. The summed E-state index contributed by atoms with van der Waals surface area (Å²) in [4.78, 5) is 13.5. The minimum atomic E-state index is -0.943. The zero-order valence-corrected chi connectivity index (χ0v) is 5.74. The average Bonchev–Trinajstić information content (AvgIpc) is 1.87. The number of aliphatic imine (C=N–C) groups is 1. The first-order valence-electron chi connectivity index (χ1n) is 2.77. The van der Waals surface area contributed by atoms with Crippen LogP contribution in [0, 0.1) is 0 Å². The number of hydrogen-bond acceptors (Lipinski definition) is 3. The Morgan fingerprint density at radius 1 is 1.80 bits per heavy atom. The maximum absolute atomic E-state index is 9.90. The van der Waals surface area contributed by atoms with E-state index in [1.54, 1.807) is 6.92 Å². The van der Waals surface area contributed by atoms with Crippen molar-refractivity contribution in [2.24, 2.45) is 10.7 Å². The first-order valence-corrected chi connectivity index (χ1v) is 2.77. The lowest BCUT2D eigenvalue weighted by atomic mass is 10.4. The molecule has 0 saturated carbocycles. The van der Waals surface area contributed by atoms with Crippen molar-refractivity contribution in [1.82, 2.24) is 0 Å². The highest BCUT2D eigenvalue weighted by atomic mass is 16.4. The molecule has 56 valence electrons. The lowest BCUT2D eigenvalue weighted by Gasteiger charge is -1.86. The molecule has 0 saturated heterocycles. The van der Waals surface area contributed by atoms with E-state index in [0.29, 0.717) is 0 Å². The number of allylic oxidation sites excluding steroid dienone is 1. The molecule has 0 atom stereocenters. The van der Waals surface area contributed by atoms with E-state index in [0.717, 1.165) is 5.57 Å². The predicted molar refractivity (Wildman–Crippen MR) is 38.9 cm³/mol. The number of rotatable bonds is 3. The van der Waals surface area contributed by atoms with Gasteiger partial charge in [-0.25, -0.2) is 0 Å². The van der Waals surface area contributed by atoms with Crippen LogP contribution >= 0.6 is 0 Å². The Kier molecular flexibility index (Phi) is 3.95. The molecule has 0 aromatic carbocycles. The summed E-state index contributed by atoms with van der Waals surface area (Å²) in [5, 5.41) is 8.13. The van der Waals surface area contributed by atoms with Gasteiger partial charge in [-0.2, -0.15) is 0 Å². The van der Waals surface area contributed by atoms with Crippen LogP contribution in [0.1, 0.15) is 6.92 Å². The Bertz CT molecular complexity index is 173. The molecule has 0 aromatic rings. The molecule has 0 aromatic heterocycles. The maximum atomic E-state index is 9.90. The van der Waals surface area contributed by atoms with Gasteiger partial charge in [-0.3, -0.25) is 9.79 Å². The number of aliphatic carboxylic acids is 1. The molecular formula is C6H10N2O2. The Morgan fingerprint density at radius 2 is 2.40 bits per heavy atom. The molecule has 0 aliphatic heterocycles. The van der Waals surface area contributed by atoms with E-state index in [1.165, 1.54) is 12.4 Å². The van der Waals surface area contributed by atoms with Crippen LogP contribution in [0.4, 0.5) is 0 Å². The largest absolute Gasteiger partial charge is 0.480 e. The van der Waals surface area contributed by atoms with Crippen molar-refractivity contribution in [3.8, 4) is 0 Å². The van der Waals surface area contributed by atoms with Crippen LogP contribution < -0.4 is 5.73 Å². The van der Waals surface area contributed by atoms with Gasteiger partial charge in [0, 0.05) is 6.21 Å². The van der Waals surface area contributed by atoms with E-state index >= 15 is 0 Å². The van der Waals surface area contributed by atoms with Gasteiger partial charge in [0.25, 0.3) is 0 Å². The number of carboxylic acid groups (broad SMARTS) is 1. The molecule has 0 bridgehead atoms. The van der Waals surface area contributed by atoms with E-state index in [1.807, 2.05) is 0 Å². The quantitative estimate of drug-likeness (QED) is 0.545. The second kappa shape index (κ2) is 4.55. The van der Waals surface area contributed by atoms with Crippen LogP contribution in [-0.2, 0) is 4.79 Å². The number of carbonyl (C=O) groups is 1. The van der Waals surface area contributed by atoms with Crippen molar-refractivity contribution in [1.29, 1.82) is 0 Å². The summed E-state index contributed by atoms with van der Waals surface area (Å²) in [5.41, 5.74) is 5.84. The summed E-state index contributed by atoms with van der Waals surface area (Å²) in [6, 6.07) is 0. The lowest BCUT2D eigenvalue weighted by Crippen LogP contribution is -1.99. The predicted octanol–water partition coefficient (Wildman–Crippen LogP) is 0.00430. The van der Waals surface area contributed by atoms with Crippen molar-refractivity contribution in [3.63, 3.8) is 0 Å². The molecule has 3 N–H and O–H groups in total. The Morgan fingerprint density at radius 3 is 2.80 bits per heavy atom. The monoisotopic (exact) mass is 142 g/mol. The van der Waals surface area contributed by atoms with Gasteiger partial charge >= 0.3 is 5.97 Å². The van der Waals surface area contributed by atoms with Crippen LogP contribution in [0.25, 0.3) is 0 Å². The zero-order valence-electron chi connectivity index (χ0n) is 5.74. The van der Waals surface area contributed by atoms with Crippen molar-refractivity contribution >= 4 is 12.2 Å². The van der Waals surface area contributed by atoms with Crippen LogP contribution in [-0.4, -0.2) is 23.8 Å². The highest BCUT2D eigenvalue weighted by Gasteiger charge is 1.88. The molecule has 4 nitrogen and oxygen atoms in total. The zero-order chi connectivity index (χ0) is 7.98. The summed E-state index contributed by atoms with van der Waals surface area (Å²) in [6.07, 6.45) is 2.79. The van der Waals surface area contributed by atoms with Crippen LogP contribution in [0.3, 0.4) is 0 Å². The molecule has 4 heteroatoms. The number of carboxylic acids is 1. The molecular weight excluding hydrogens is 132 g/mol. The number of hydrogen-bond donors (Lipinski definition) is 2. The van der Waals surface area contributed by atoms with Gasteiger partial charge in [0.05, 0.1) is 0 Å². The molecule has 0 heterocycles. The summed E-state index contributed by atoms with van der Waals surface area (Å²) in [5.74, 6) is -0.943. The van der Waals surface area contributed by atoms with Gasteiger partial charge in [0.15, 0.2) is 0 Å². The Labute approximate surface area is 59.1 Å². The second-order valence-electron chi connectivity index (χ2n) is 1.77. The van der Waals surface area contributed by atoms with E-state index in [-0.39, 0.29) is 6.54 Å². The lowest BCUT2D eigenvalue weighted by molar-refractivity contribution is -0.135. The molecule has 0 unspecified atom stereocenters. The van der Waals surface area contributed by atoms with Crippen molar-refractivity contribution in [3.05, 3.63) is 11.8 Å². The SMILES string of the molecule is CC(C=NCC(=O)O)=CN. The van der Waals surface area contributed by atoms with Crippen LogP contribution in [0.5, 0.6) is 0 Å². The standard InChI is InChI=1S/C6H10N2O2/c1-5(2-7)3-8-4-6(9)10/h2-3H,4,7H2,1H3,(H,9,10). The van der Waals surface area contributed by atoms with Gasteiger partial charge in [0.1, 0.15) is 6.54 Å². The fraction of sp³-hybridized carbons (Fsp3) is 0.333. The van der Waals surface area contributed by atoms with Crippen molar-refractivity contribution < 1.29 is 9.90 Å². The molecule has 0 aliphatic rings. The van der Waals surface area contributed by atoms with E-state index in [2.05, 4.69) is 4.99 Å². The first kappa shape index (κ1) is 8.68. The molecule has 0 spiro atoms. The third-order valence-corrected chi connectivity index (χ3v) is 0.784. The molecule has 0 aliphatic carbocycles. The summed E-state index contributed by atoms with van der Waals surface area (Å²) < 4.78 is 0. The van der Waals surface area contributed by atoms with Gasteiger partial charge < -0.3 is 10.8 Å². The maximum Gasteiger partial charge on any atom is 0.325 e. The minimum absolute atomic E-state index is 0.203. The Balaban J connectivity index is 3.67. The summed E-state index contributed by atoms with van der Waals surface area (Å²) in [7, 11) is 0. The molecule has 10 heavy (non-hydrogen) atoms. The minimum Gasteiger partial charge on any atom is -0.480 e. The topological polar surface area (TPSA) is 75.7 Å². The molecule has 0 fully saturated rings. The highest BCUT2D eigenvalue weighted by Crippen LogP contribution is 1.81. The van der Waals surface area contributed by atoms with Crippen molar-refractivity contribution in [2.45, 2.75) is 6.92 Å². The van der Waals surface area contributed by atoms with E-state index < -0.39 is 5.97 Å². The van der Waals surface area contributed by atoms with Gasteiger partial charge in [0.2, 0.25) is 0 Å². The van der Waals surface area contributed by atoms with Crippen LogP contribution in [0.15, 0.2) is 16.8 Å². The molecule has 0 radical (unpaired) electrons. The smallest absolute Gasteiger partial charge is 0.325 e. The summed E-state index contributed by atoms with van der Waals surface area (Å²) in [6.45, 7) is 1.54. The molecule has 0 amide bonds. The third kappa shape index (κ3) is 4.83. The van der Waals surface area contributed by atoms with Gasteiger partial charge in [-0.15, -0.1) is 0 Å². The van der Waals surface area contributed by atoms with Crippen LogP contribution in [0.2, 0.25) is 0 Å². The first-order chi connectivity index (χ1) is 4.66. The molecule has 0 rings (SSSR count). The highest BCUT2D eigenvalue weighted by molar-refractivity contribution is 5.80. The van der Waals surface area contributed by atoms with Gasteiger partial charge in [-0.05, 0) is 18.7 Å². The fourth-order valence-corrected chi connectivity index (χ4v) is 0.311. The number of nitrogens with two attached hydrogens (primary N) is 1. The Hall–Kier alpha value is -1.32. The fourth-order valence-electron chi connectivity index (χ4n) is 0.311. The van der Waals surface area contributed by atoms with Gasteiger partial charge in [-0.1, -0.05) is 0 Å². The summed E-state index contributed by atoms with van der Waals surface area (Å²) >= 11 is 0. The number of nitrogens with zero attached hydrogens (tertiary/aromatic N) is 1. The second-order valence-corrected chi connectivity index (χ2v) is 1.77. The normalized spacial score (nSPS) is 12.3. The average molecular weight is 142 g/mol. The van der Waals surface area contributed by atoms with Crippen molar-refractivity contribution in [2.75, 3.05) is 6.54 Å². The van der Waals surface area contributed by atoms with E-state index in [4.69, 9.17) is 10.8 Å².